The fourth-order valence-corrected chi connectivity index (χ4v) is 3.48. The van der Waals surface area contributed by atoms with Crippen molar-refractivity contribution in [1.82, 2.24) is 0 Å². The molecule has 1 atom stereocenters. The SMILES string of the molecule is Cc1sc(NC(=O)CC(C)(C(=O)O)c2ccccc2)c(C#N)c1C. The van der Waals surface area contributed by atoms with Crippen molar-refractivity contribution >= 4 is 28.2 Å². The van der Waals surface area contributed by atoms with Crippen molar-refractivity contribution in [3.05, 3.63) is 51.9 Å². The van der Waals surface area contributed by atoms with Crippen LogP contribution in [-0.4, -0.2) is 17.0 Å². The van der Waals surface area contributed by atoms with Crippen molar-refractivity contribution in [1.29, 1.82) is 5.26 Å². The molecule has 6 heteroatoms. The highest BCUT2D eigenvalue weighted by Gasteiger charge is 2.37. The van der Waals surface area contributed by atoms with Gasteiger partial charge in [0.25, 0.3) is 0 Å². The number of aryl methyl sites for hydroxylation is 1. The van der Waals surface area contributed by atoms with E-state index in [0.717, 1.165) is 10.4 Å². The van der Waals surface area contributed by atoms with E-state index in [2.05, 4.69) is 11.4 Å². The van der Waals surface area contributed by atoms with Crippen LogP contribution < -0.4 is 5.32 Å². The zero-order valence-corrected chi connectivity index (χ0v) is 14.5. The Kier molecular flexibility index (Phi) is 5.05. The molecular weight excluding hydrogens is 324 g/mol. The molecular formula is C18H18N2O3S. The molecule has 1 amide bonds. The Hall–Kier alpha value is -2.65. The molecule has 0 saturated heterocycles. The van der Waals surface area contributed by atoms with Gasteiger partial charge in [-0.25, -0.2) is 0 Å². The number of nitrogens with one attached hydrogen (secondary N) is 1. The highest BCUT2D eigenvalue weighted by Crippen LogP contribution is 2.33. The molecule has 0 saturated carbocycles. The fraction of sp³-hybridized carbons (Fsp3) is 0.278. The van der Waals surface area contributed by atoms with Gasteiger partial charge in [-0.1, -0.05) is 30.3 Å². The Morgan fingerprint density at radius 3 is 2.46 bits per heavy atom. The Morgan fingerprint density at radius 2 is 1.92 bits per heavy atom. The first kappa shape index (κ1) is 17.7. The molecule has 24 heavy (non-hydrogen) atoms. The first-order valence-electron chi connectivity index (χ1n) is 7.38. The smallest absolute Gasteiger partial charge is 0.314 e. The van der Waals surface area contributed by atoms with E-state index >= 15 is 0 Å². The number of carbonyl (C=O) groups is 2. The molecule has 1 aromatic carbocycles. The number of nitrogens with zero attached hydrogens (tertiary/aromatic N) is 1. The maximum absolute atomic E-state index is 12.4. The van der Waals surface area contributed by atoms with Gasteiger partial charge in [0.1, 0.15) is 11.1 Å². The van der Waals surface area contributed by atoms with Crippen LogP contribution in [0.5, 0.6) is 0 Å². The van der Waals surface area contributed by atoms with Crippen LogP contribution in [0.3, 0.4) is 0 Å². The number of carbonyl (C=O) groups excluding carboxylic acids is 1. The van der Waals surface area contributed by atoms with Crippen LogP contribution in [0.4, 0.5) is 5.00 Å². The number of hydrogen-bond donors (Lipinski definition) is 2. The predicted molar refractivity (Wildman–Crippen MR) is 93.2 cm³/mol. The van der Waals surface area contributed by atoms with Crippen molar-refractivity contribution in [2.75, 3.05) is 5.32 Å². The number of aliphatic carboxylic acids is 1. The van der Waals surface area contributed by atoms with Crippen molar-refractivity contribution in [3.8, 4) is 6.07 Å². The molecule has 5 nitrogen and oxygen atoms in total. The lowest BCUT2D eigenvalue weighted by atomic mass is 9.79. The van der Waals surface area contributed by atoms with E-state index in [9.17, 15) is 20.0 Å². The number of anilines is 1. The predicted octanol–water partition coefficient (Wildman–Crippen LogP) is 3.61. The van der Waals surface area contributed by atoms with Gasteiger partial charge in [-0.15, -0.1) is 11.3 Å². The van der Waals surface area contributed by atoms with Gasteiger partial charge < -0.3 is 10.4 Å². The Bertz CT molecular complexity index is 821. The summed E-state index contributed by atoms with van der Waals surface area (Å²) in [5.41, 5.74) is 0.496. The lowest BCUT2D eigenvalue weighted by molar-refractivity contribution is -0.145. The molecule has 0 aliphatic carbocycles. The maximum atomic E-state index is 12.4. The molecule has 1 unspecified atom stereocenters. The van der Waals surface area contributed by atoms with Crippen LogP contribution >= 0.6 is 11.3 Å². The number of benzene rings is 1. The standard InChI is InChI=1S/C18H18N2O3S/c1-11-12(2)24-16(14(11)10-19)20-15(21)9-18(3,17(22)23)13-7-5-4-6-8-13/h4-8H,9H2,1-3H3,(H,20,21)(H,22,23). The fourth-order valence-electron chi connectivity index (χ4n) is 2.45. The van der Waals surface area contributed by atoms with Crippen molar-refractivity contribution in [3.63, 3.8) is 0 Å². The molecule has 1 heterocycles. The quantitative estimate of drug-likeness (QED) is 0.868. The van der Waals surface area contributed by atoms with E-state index in [0.29, 0.717) is 16.1 Å². The molecule has 0 bridgehead atoms. The largest absolute Gasteiger partial charge is 0.481 e. The number of carboxylic acid groups (broad SMARTS) is 1. The monoisotopic (exact) mass is 342 g/mol. The Morgan fingerprint density at radius 1 is 1.29 bits per heavy atom. The van der Waals surface area contributed by atoms with Crippen LogP contribution in [0.25, 0.3) is 0 Å². The molecule has 124 valence electrons. The summed E-state index contributed by atoms with van der Waals surface area (Å²) in [7, 11) is 0. The van der Waals surface area contributed by atoms with Gasteiger partial charge in [0, 0.05) is 11.3 Å². The molecule has 2 aromatic rings. The molecule has 2 N–H and O–H groups in total. The van der Waals surface area contributed by atoms with Gasteiger partial charge in [0.05, 0.1) is 11.0 Å². The van der Waals surface area contributed by atoms with Gasteiger partial charge >= 0.3 is 5.97 Å². The summed E-state index contributed by atoms with van der Waals surface area (Å²) in [6, 6.07) is 10.8. The zero-order chi connectivity index (χ0) is 17.9. The molecule has 0 radical (unpaired) electrons. The zero-order valence-electron chi connectivity index (χ0n) is 13.7. The normalized spacial score (nSPS) is 12.9. The third kappa shape index (κ3) is 3.31. The van der Waals surface area contributed by atoms with Gasteiger partial charge in [-0.3, -0.25) is 9.59 Å². The second-order valence-corrected chi connectivity index (χ2v) is 7.05. The number of rotatable bonds is 5. The summed E-state index contributed by atoms with van der Waals surface area (Å²) in [5, 5.41) is 22.0. The summed E-state index contributed by atoms with van der Waals surface area (Å²) in [5.74, 6) is -1.50. The van der Waals surface area contributed by atoms with Crippen LogP contribution in [0.2, 0.25) is 0 Å². The summed E-state index contributed by atoms with van der Waals surface area (Å²) in [4.78, 5) is 25.1. The van der Waals surface area contributed by atoms with E-state index in [1.807, 2.05) is 13.8 Å². The van der Waals surface area contributed by atoms with Crippen LogP contribution in [0.15, 0.2) is 30.3 Å². The third-order valence-corrected chi connectivity index (χ3v) is 5.27. The van der Waals surface area contributed by atoms with Crippen molar-refractivity contribution in [2.45, 2.75) is 32.6 Å². The Labute approximate surface area is 144 Å². The second-order valence-electron chi connectivity index (χ2n) is 5.83. The van der Waals surface area contributed by atoms with E-state index in [1.54, 1.807) is 30.3 Å². The Balaban J connectivity index is 2.26. The average molecular weight is 342 g/mol. The molecule has 0 spiro atoms. The summed E-state index contributed by atoms with van der Waals surface area (Å²) in [6.45, 7) is 5.23. The van der Waals surface area contributed by atoms with Crippen molar-refractivity contribution < 1.29 is 14.7 Å². The van der Waals surface area contributed by atoms with Crippen LogP contribution in [0, 0.1) is 25.2 Å². The summed E-state index contributed by atoms with van der Waals surface area (Å²) in [6.07, 6.45) is -0.215. The van der Waals surface area contributed by atoms with Gasteiger partial charge in [-0.05, 0) is 31.9 Å². The lowest BCUT2D eigenvalue weighted by Gasteiger charge is -2.24. The first-order chi connectivity index (χ1) is 11.3. The number of nitriles is 1. The average Bonchev–Trinajstić information content (AvgIpc) is 2.81. The number of amides is 1. The molecule has 0 fully saturated rings. The van der Waals surface area contributed by atoms with Gasteiger partial charge in [-0.2, -0.15) is 5.26 Å². The van der Waals surface area contributed by atoms with Crippen molar-refractivity contribution in [2.24, 2.45) is 0 Å². The number of carboxylic acids is 1. The maximum Gasteiger partial charge on any atom is 0.314 e. The first-order valence-corrected chi connectivity index (χ1v) is 8.20. The lowest BCUT2D eigenvalue weighted by Crippen LogP contribution is -2.36. The third-order valence-electron chi connectivity index (χ3n) is 4.15. The van der Waals surface area contributed by atoms with E-state index < -0.39 is 17.3 Å². The highest BCUT2D eigenvalue weighted by atomic mass is 32.1. The second kappa shape index (κ2) is 6.85. The van der Waals surface area contributed by atoms with E-state index in [-0.39, 0.29) is 6.42 Å². The molecule has 1 aromatic heterocycles. The number of thiophene rings is 1. The van der Waals surface area contributed by atoms with Gasteiger partial charge in [0.2, 0.25) is 5.91 Å². The van der Waals surface area contributed by atoms with Gasteiger partial charge in [0.15, 0.2) is 0 Å². The highest BCUT2D eigenvalue weighted by molar-refractivity contribution is 7.16. The topological polar surface area (TPSA) is 90.2 Å². The molecule has 0 aliphatic heterocycles. The van der Waals surface area contributed by atoms with Crippen LogP contribution in [-0.2, 0) is 15.0 Å². The minimum atomic E-state index is -1.33. The summed E-state index contributed by atoms with van der Waals surface area (Å²) < 4.78 is 0. The molecule has 0 aliphatic rings. The minimum Gasteiger partial charge on any atom is -0.481 e. The number of hydrogen-bond acceptors (Lipinski definition) is 4. The summed E-state index contributed by atoms with van der Waals surface area (Å²) >= 11 is 1.32. The van der Waals surface area contributed by atoms with E-state index in [4.69, 9.17) is 0 Å². The minimum absolute atomic E-state index is 0.215. The van der Waals surface area contributed by atoms with E-state index in [1.165, 1.54) is 18.3 Å². The molecule has 2 rings (SSSR count). The van der Waals surface area contributed by atoms with Crippen LogP contribution in [0.1, 0.15) is 34.9 Å².